The van der Waals surface area contributed by atoms with Gasteiger partial charge in [0.15, 0.2) is 17.4 Å². The predicted molar refractivity (Wildman–Crippen MR) is 98.6 cm³/mol. The number of hydrogen-bond donors (Lipinski definition) is 2. The minimum atomic E-state index is -1.02. The van der Waals surface area contributed by atoms with Crippen LogP contribution in [0.25, 0.3) is 10.9 Å². The van der Waals surface area contributed by atoms with E-state index in [-0.39, 0.29) is 18.6 Å². The molecule has 1 aromatic heterocycles. The fourth-order valence-corrected chi connectivity index (χ4v) is 2.61. The number of halogens is 2. The largest absolute Gasteiger partial charge is 0.483 e. The molecule has 1 heterocycles. The average molecular weight is 376 g/mol. The molecule has 1 atom stereocenters. The molecular formula is C20H22F2N2O3. The van der Waals surface area contributed by atoms with Gasteiger partial charge < -0.3 is 9.84 Å². The Bertz CT molecular complexity index is 901. The zero-order chi connectivity index (χ0) is 20.0. The minimum absolute atomic E-state index is 0.0295. The van der Waals surface area contributed by atoms with E-state index in [2.05, 4.69) is 10.2 Å². The van der Waals surface area contributed by atoms with E-state index in [4.69, 9.17) is 9.84 Å². The normalized spacial score (nSPS) is 11.6. The van der Waals surface area contributed by atoms with Crippen molar-refractivity contribution in [3.8, 4) is 5.75 Å². The van der Waals surface area contributed by atoms with Crippen LogP contribution in [0.5, 0.6) is 5.75 Å². The smallest absolute Gasteiger partial charge is 0.306 e. The number of ether oxygens (including phenoxy) is 1. The number of nitrogens with zero attached hydrogens (tertiary/aromatic N) is 1. The Kier molecular flexibility index (Phi) is 6.87. The first-order chi connectivity index (χ1) is 13.0. The van der Waals surface area contributed by atoms with Gasteiger partial charge in [0.2, 0.25) is 0 Å². The summed E-state index contributed by atoms with van der Waals surface area (Å²) in [6, 6.07) is 7.66. The van der Waals surface area contributed by atoms with E-state index in [0.717, 1.165) is 28.6 Å². The number of carbonyl (C=O) groups is 1. The number of nitrogens with one attached hydrogen (secondary N) is 1. The Balaban J connectivity index is 0.00000126. The van der Waals surface area contributed by atoms with Crippen LogP contribution in [0.3, 0.4) is 0 Å². The van der Waals surface area contributed by atoms with Gasteiger partial charge in [-0.2, -0.15) is 5.10 Å². The number of benzene rings is 2. The lowest BCUT2D eigenvalue weighted by molar-refractivity contribution is -0.141. The first-order valence-electron chi connectivity index (χ1n) is 8.70. The highest BCUT2D eigenvalue weighted by molar-refractivity contribution is 5.81. The second-order valence-electron chi connectivity index (χ2n) is 5.87. The summed E-state index contributed by atoms with van der Waals surface area (Å²) < 4.78 is 33.7. The number of carboxylic acids is 1. The molecular weight excluding hydrogens is 354 g/mol. The van der Waals surface area contributed by atoms with Crippen molar-refractivity contribution in [2.24, 2.45) is 5.92 Å². The van der Waals surface area contributed by atoms with Crippen LogP contribution in [-0.4, -0.2) is 21.3 Å². The molecule has 1 unspecified atom stereocenters. The van der Waals surface area contributed by atoms with Crippen molar-refractivity contribution < 1.29 is 23.4 Å². The summed E-state index contributed by atoms with van der Waals surface area (Å²) in [5.41, 5.74) is 1.74. The topological polar surface area (TPSA) is 75.2 Å². The molecule has 0 aliphatic carbocycles. The highest BCUT2D eigenvalue weighted by Crippen LogP contribution is 2.26. The van der Waals surface area contributed by atoms with E-state index in [9.17, 15) is 13.6 Å². The Morgan fingerprint density at radius 2 is 1.93 bits per heavy atom. The summed E-state index contributed by atoms with van der Waals surface area (Å²) in [6.45, 7) is 5.45. The maximum Gasteiger partial charge on any atom is 0.306 e. The zero-order valence-corrected chi connectivity index (χ0v) is 15.4. The molecule has 2 N–H and O–H groups in total. The summed E-state index contributed by atoms with van der Waals surface area (Å²) in [4.78, 5) is 10.9. The lowest BCUT2D eigenvalue weighted by Crippen LogP contribution is -2.12. The van der Waals surface area contributed by atoms with E-state index < -0.39 is 29.3 Å². The number of aromatic nitrogens is 2. The molecule has 0 spiro atoms. The summed E-state index contributed by atoms with van der Waals surface area (Å²) in [5, 5.41) is 16.5. The van der Waals surface area contributed by atoms with Crippen LogP contribution in [0.15, 0.2) is 36.5 Å². The first kappa shape index (κ1) is 20.4. The molecule has 2 aromatic carbocycles. The molecule has 3 rings (SSSR count). The van der Waals surface area contributed by atoms with Crippen molar-refractivity contribution in [2.45, 2.75) is 33.8 Å². The Labute approximate surface area is 156 Å². The van der Waals surface area contributed by atoms with Crippen LogP contribution < -0.4 is 4.74 Å². The number of fused-ring (bicyclic) bond motifs is 1. The Morgan fingerprint density at radius 1 is 1.26 bits per heavy atom. The molecule has 0 radical (unpaired) electrons. The molecule has 0 aliphatic rings. The monoisotopic (exact) mass is 376 g/mol. The maximum atomic E-state index is 14.2. The number of para-hydroxylation sites is 1. The van der Waals surface area contributed by atoms with Gasteiger partial charge in [-0.25, -0.2) is 8.78 Å². The van der Waals surface area contributed by atoms with Gasteiger partial charge in [0.05, 0.1) is 17.6 Å². The van der Waals surface area contributed by atoms with E-state index in [1.54, 1.807) is 18.3 Å². The maximum absolute atomic E-state index is 14.2. The van der Waals surface area contributed by atoms with Crippen molar-refractivity contribution in [3.05, 3.63) is 59.3 Å². The molecule has 0 bridgehead atoms. The summed E-state index contributed by atoms with van der Waals surface area (Å²) in [6.07, 6.45) is 1.69. The zero-order valence-electron chi connectivity index (χ0n) is 15.4. The lowest BCUT2D eigenvalue weighted by atomic mass is 10.0. The standard InChI is InChI=1S/C18H16F2N2O3.C2H6/c1-10(18(23)24)5-11-6-14(19)17(15(20)7-11)25-9-13-4-2-3-12-8-21-22-16(12)13;1-2/h2-4,6-8,10H,5,9H2,1H3,(H,21,22)(H,23,24);1-2H3. The van der Waals surface area contributed by atoms with Gasteiger partial charge in [-0.1, -0.05) is 39.0 Å². The van der Waals surface area contributed by atoms with Crippen molar-refractivity contribution in [3.63, 3.8) is 0 Å². The summed E-state index contributed by atoms with van der Waals surface area (Å²) in [7, 11) is 0. The molecule has 0 saturated carbocycles. The van der Waals surface area contributed by atoms with Crippen LogP contribution >= 0.6 is 0 Å². The summed E-state index contributed by atoms with van der Waals surface area (Å²) >= 11 is 0. The third kappa shape index (κ3) is 4.81. The average Bonchev–Trinajstić information content (AvgIpc) is 3.12. The van der Waals surface area contributed by atoms with Gasteiger partial charge in [0.25, 0.3) is 0 Å². The van der Waals surface area contributed by atoms with Gasteiger partial charge in [0, 0.05) is 10.9 Å². The number of rotatable bonds is 6. The molecule has 0 amide bonds. The molecule has 0 saturated heterocycles. The highest BCUT2D eigenvalue weighted by atomic mass is 19.1. The van der Waals surface area contributed by atoms with E-state index >= 15 is 0 Å². The molecule has 0 aliphatic heterocycles. The number of aliphatic carboxylic acids is 1. The fourth-order valence-electron chi connectivity index (χ4n) is 2.61. The third-order valence-corrected chi connectivity index (χ3v) is 3.96. The highest BCUT2D eigenvalue weighted by Gasteiger charge is 2.17. The van der Waals surface area contributed by atoms with E-state index in [1.807, 2.05) is 19.9 Å². The minimum Gasteiger partial charge on any atom is -0.483 e. The van der Waals surface area contributed by atoms with Crippen LogP contribution in [0.1, 0.15) is 31.9 Å². The number of aromatic amines is 1. The van der Waals surface area contributed by atoms with E-state index in [0.29, 0.717) is 0 Å². The summed E-state index contributed by atoms with van der Waals surface area (Å²) in [5.74, 6) is -3.95. The number of H-pyrrole nitrogens is 1. The first-order valence-corrected chi connectivity index (χ1v) is 8.70. The third-order valence-electron chi connectivity index (χ3n) is 3.96. The van der Waals surface area contributed by atoms with Crippen molar-refractivity contribution in [1.29, 1.82) is 0 Å². The number of hydrogen-bond acceptors (Lipinski definition) is 3. The van der Waals surface area contributed by atoms with Gasteiger partial charge in [-0.15, -0.1) is 0 Å². The van der Waals surface area contributed by atoms with Crippen molar-refractivity contribution >= 4 is 16.9 Å². The number of carboxylic acid groups (broad SMARTS) is 1. The van der Waals surface area contributed by atoms with Gasteiger partial charge in [-0.3, -0.25) is 9.89 Å². The van der Waals surface area contributed by atoms with Crippen LogP contribution in [0, 0.1) is 17.6 Å². The second-order valence-corrected chi connectivity index (χ2v) is 5.87. The molecule has 5 nitrogen and oxygen atoms in total. The lowest BCUT2D eigenvalue weighted by Gasteiger charge is -2.12. The molecule has 144 valence electrons. The molecule has 7 heteroatoms. The predicted octanol–water partition coefficient (Wildman–Crippen LogP) is 4.71. The van der Waals surface area contributed by atoms with Gasteiger partial charge in [-0.05, 0) is 24.1 Å². The van der Waals surface area contributed by atoms with Crippen LogP contribution in [0.2, 0.25) is 0 Å². The molecule has 3 aromatic rings. The fraction of sp³-hybridized carbons (Fsp3) is 0.300. The molecule has 27 heavy (non-hydrogen) atoms. The van der Waals surface area contributed by atoms with Crippen molar-refractivity contribution in [1.82, 2.24) is 10.2 Å². The van der Waals surface area contributed by atoms with Crippen LogP contribution in [-0.2, 0) is 17.8 Å². The van der Waals surface area contributed by atoms with Crippen molar-refractivity contribution in [2.75, 3.05) is 0 Å². The Morgan fingerprint density at radius 3 is 2.56 bits per heavy atom. The second kappa shape index (κ2) is 9.12. The Hall–Kier alpha value is -2.96. The molecule has 0 fully saturated rings. The van der Waals surface area contributed by atoms with Gasteiger partial charge >= 0.3 is 5.97 Å². The van der Waals surface area contributed by atoms with Crippen LogP contribution in [0.4, 0.5) is 8.78 Å². The SMILES string of the molecule is CC.CC(Cc1cc(F)c(OCc2cccc3cn[nH]c23)c(F)c1)C(=O)O. The quantitative estimate of drug-likeness (QED) is 0.653. The van der Waals surface area contributed by atoms with E-state index in [1.165, 1.54) is 6.92 Å². The van der Waals surface area contributed by atoms with Gasteiger partial charge in [0.1, 0.15) is 6.61 Å².